The maximum Gasteiger partial charge on any atom is 0.0476 e. The summed E-state index contributed by atoms with van der Waals surface area (Å²) < 4.78 is 0. The van der Waals surface area contributed by atoms with Crippen LogP contribution in [0.1, 0.15) is 40.0 Å². The predicted octanol–water partition coefficient (Wildman–Crippen LogP) is 1.53. The van der Waals surface area contributed by atoms with E-state index < -0.39 is 0 Å². The van der Waals surface area contributed by atoms with Gasteiger partial charge >= 0.3 is 0 Å². The summed E-state index contributed by atoms with van der Waals surface area (Å²) in [5.41, 5.74) is 6.42. The van der Waals surface area contributed by atoms with Crippen LogP contribution in [0, 0.1) is 5.92 Å². The van der Waals surface area contributed by atoms with Gasteiger partial charge in [0.15, 0.2) is 0 Å². The van der Waals surface area contributed by atoms with E-state index in [0.29, 0.717) is 6.04 Å². The quantitative estimate of drug-likeness (QED) is 0.790. The third kappa shape index (κ3) is 2.67. The molecule has 2 N–H and O–H groups in total. The minimum Gasteiger partial charge on any atom is -0.329 e. The first-order chi connectivity index (χ1) is 7.98. The molecule has 1 saturated carbocycles. The Labute approximate surface area is 106 Å². The number of rotatable bonds is 5. The molecule has 1 saturated heterocycles. The van der Waals surface area contributed by atoms with Gasteiger partial charge in [0.1, 0.15) is 0 Å². The summed E-state index contributed by atoms with van der Waals surface area (Å²) in [6.07, 6.45) is 4.00. The van der Waals surface area contributed by atoms with Gasteiger partial charge in [0.05, 0.1) is 0 Å². The highest BCUT2D eigenvalue weighted by atomic mass is 15.3. The number of nitrogens with two attached hydrogens (primary N) is 1. The molecule has 3 nitrogen and oxygen atoms in total. The topological polar surface area (TPSA) is 32.5 Å². The fraction of sp³-hybridized carbons (Fsp3) is 1.00. The standard InChI is InChI=1S/C14H29N3/c1-11(2)8-17(13-5-6-13)14(9-15)7-12(3)16(4)10-14/h11-13H,5-10,15H2,1-4H3. The first kappa shape index (κ1) is 13.3. The molecule has 0 bridgehead atoms. The zero-order valence-corrected chi connectivity index (χ0v) is 11.9. The molecule has 0 aromatic carbocycles. The van der Waals surface area contributed by atoms with E-state index in [9.17, 15) is 0 Å². The molecule has 1 aliphatic carbocycles. The normalized spacial score (nSPS) is 35.1. The Kier molecular flexibility index (Phi) is 3.81. The third-order valence-electron chi connectivity index (χ3n) is 4.51. The first-order valence-electron chi connectivity index (χ1n) is 7.15. The average molecular weight is 239 g/mol. The van der Waals surface area contributed by atoms with Gasteiger partial charge < -0.3 is 10.6 Å². The minimum absolute atomic E-state index is 0.250. The Morgan fingerprint density at radius 1 is 1.41 bits per heavy atom. The lowest BCUT2D eigenvalue weighted by molar-refractivity contribution is 0.0790. The van der Waals surface area contributed by atoms with Crippen molar-refractivity contribution in [3.63, 3.8) is 0 Å². The van der Waals surface area contributed by atoms with Crippen LogP contribution < -0.4 is 5.73 Å². The van der Waals surface area contributed by atoms with E-state index in [1.807, 2.05) is 0 Å². The molecule has 0 aromatic heterocycles. The van der Waals surface area contributed by atoms with E-state index in [4.69, 9.17) is 5.73 Å². The Balaban J connectivity index is 2.14. The molecule has 2 atom stereocenters. The number of likely N-dealkylation sites (N-methyl/N-ethyl adjacent to an activating group) is 1. The molecule has 100 valence electrons. The molecule has 1 aliphatic heterocycles. The van der Waals surface area contributed by atoms with Crippen LogP contribution in [0.3, 0.4) is 0 Å². The zero-order chi connectivity index (χ0) is 12.6. The van der Waals surface area contributed by atoms with E-state index in [1.165, 1.54) is 25.8 Å². The highest BCUT2D eigenvalue weighted by Gasteiger charge is 2.48. The summed E-state index contributed by atoms with van der Waals surface area (Å²) in [6.45, 7) is 10.1. The van der Waals surface area contributed by atoms with Crippen molar-refractivity contribution in [1.29, 1.82) is 0 Å². The number of hydrogen-bond donors (Lipinski definition) is 1. The fourth-order valence-electron chi connectivity index (χ4n) is 3.37. The van der Waals surface area contributed by atoms with E-state index >= 15 is 0 Å². The van der Waals surface area contributed by atoms with Crippen LogP contribution in [0.15, 0.2) is 0 Å². The van der Waals surface area contributed by atoms with E-state index in [0.717, 1.165) is 25.0 Å². The second-order valence-electron chi connectivity index (χ2n) is 6.67. The van der Waals surface area contributed by atoms with Gasteiger partial charge in [-0.3, -0.25) is 4.90 Å². The van der Waals surface area contributed by atoms with Crippen LogP contribution in [0.5, 0.6) is 0 Å². The van der Waals surface area contributed by atoms with Gasteiger partial charge in [0.2, 0.25) is 0 Å². The van der Waals surface area contributed by atoms with Crippen molar-refractivity contribution in [3.8, 4) is 0 Å². The van der Waals surface area contributed by atoms with Crippen molar-refractivity contribution < 1.29 is 0 Å². The lowest BCUT2D eigenvalue weighted by atomic mass is 9.92. The highest BCUT2D eigenvalue weighted by molar-refractivity contribution is 5.06. The maximum atomic E-state index is 6.17. The summed E-state index contributed by atoms with van der Waals surface area (Å²) in [6, 6.07) is 1.49. The van der Waals surface area contributed by atoms with Crippen LogP contribution in [-0.4, -0.2) is 54.1 Å². The van der Waals surface area contributed by atoms with Gasteiger partial charge in [-0.1, -0.05) is 13.8 Å². The Hall–Kier alpha value is -0.120. The number of hydrogen-bond acceptors (Lipinski definition) is 3. The molecule has 2 aliphatic rings. The zero-order valence-electron chi connectivity index (χ0n) is 11.9. The molecule has 3 heteroatoms. The molecule has 2 fully saturated rings. The molecule has 0 amide bonds. The fourth-order valence-corrected chi connectivity index (χ4v) is 3.37. The van der Waals surface area contributed by atoms with E-state index in [1.54, 1.807) is 0 Å². The Morgan fingerprint density at radius 2 is 2.06 bits per heavy atom. The molecular weight excluding hydrogens is 210 g/mol. The van der Waals surface area contributed by atoms with Gasteiger partial charge in [-0.2, -0.15) is 0 Å². The van der Waals surface area contributed by atoms with Crippen LogP contribution in [0.2, 0.25) is 0 Å². The van der Waals surface area contributed by atoms with Gasteiger partial charge in [0.25, 0.3) is 0 Å². The summed E-state index contributed by atoms with van der Waals surface area (Å²) >= 11 is 0. The van der Waals surface area contributed by atoms with Crippen molar-refractivity contribution >= 4 is 0 Å². The number of nitrogens with zero attached hydrogens (tertiary/aromatic N) is 2. The second kappa shape index (κ2) is 4.87. The maximum absolute atomic E-state index is 6.17. The molecule has 0 radical (unpaired) electrons. The number of likely N-dealkylation sites (tertiary alicyclic amines) is 1. The van der Waals surface area contributed by atoms with Crippen LogP contribution >= 0.6 is 0 Å². The molecule has 17 heavy (non-hydrogen) atoms. The summed E-state index contributed by atoms with van der Waals surface area (Å²) in [4.78, 5) is 5.22. The van der Waals surface area contributed by atoms with Crippen LogP contribution in [0.4, 0.5) is 0 Å². The van der Waals surface area contributed by atoms with Crippen molar-refractivity contribution in [3.05, 3.63) is 0 Å². The van der Waals surface area contributed by atoms with E-state index in [2.05, 4.69) is 37.6 Å². The summed E-state index contributed by atoms with van der Waals surface area (Å²) in [5, 5.41) is 0. The largest absolute Gasteiger partial charge is 0.329 e. The van der Waals surface area contributed by atoms with Crippen molar-refractivity contribution in [2.24, 2.45) is 11.7 Å². The predicted molar refractivity (Wildman–Crippen MR) is 73.1 cm³/mol. The molecule has 2 unspecified atom stereocenters. The monoisotopic (exact) mass is 239 g/mol. The van der Waals surface area contributed by atoms with E-state index in [-0.39, 0.29) is 5.54 Å². The molecular formula is C14H29N3. The molecule has 0 aromatic rings. The van der Waals surface area contributed by atoms with Crippen molar-refractivity contribution in [1.82, 2.24) is 9.80 Å². The summed E-state index contributed by atoms with van der Waals surface area (Å²) in [7, 11) is 2.24. The lowest BCUT2D eigenvalue weighted by Crippen LogP contribution is -2.57. The van der Waals surface area contributed by atoms with Gasteiger partial charge in [-0.05, 0) is 39.2 Å². The van der Waals surface area contributed by atoms with Crippen molar-refractivity contribution in [2.45, 2.75) is 57.7 Å². The average Bonchev–Trinajstić information content (AvgIpc) is 3.04. The first-order valence-corrected chi connectivity index (χ1v) is 7.15. The Bertz CT molecular complexity index is 250. The minimum atomic E-state index is 0.250. The smallest absolute Gasteiger partial charge is 0.0476 e. The second-order valence-corrected chi connectivity index (χ2v) is 6.67. The van der Waals surface area contributed by atoms with Crippen LogP contribution in [-0.2, 0) is 0 Å². The van der Waals surface area contributed by atoms with Crippen molar-refractivity contribution in [2.75, 3.05) is 26.7 Å². The lowest BCUT2D eigenvalue weighted by Gasteiger charge is -2.42. The van der Waals surface area contributed by atoms with Gasteiger partial charge in [-0.15, -0.1) is 0 Å². The molecule has 2 rings (SSSR count). The Morgan fingerprint density at radius 3 is 2.41 bits per heavy atom. The van der Waals surface area contributed by atoms with Gasteiger partial charge in [-0.25, -0.2) is 0 Å². The van der Waals surface area contributed by atoms with Crippen LogP contribution in [0.25, 0.3) is 0 Å². The summed E-state index contributed by atoms with van der Waals surface area (Å²) in [5.74, 6) is 0.736. The molecule has 0 spiro atoms. The molecule has 1 heterocycles. The SMILES string of the molecule is CC(C)CN(C1CC1)C1(CN)CC(C)N(C)C1. The van der Waals surface area contributed by atoms with Gasteiger partial charge in [0, 0.05) is 37.3 Å². The third-order valence-corrected chi connectivity index (χ3v) is 4.51. The highest BCUT2D eigenvalue weighted by Crippen LogP contribution is 2.39.